The van der Waals surface area contributed by atoms with Crippen LogP contribution in [0.15, 0.2) is 29.3 Å². The number of piperidine rings is 1. The summed E-state index contributed by atoms with van der Waals surface area (Å²) in [7, 11) is -3.50. The number of alkyl halides is 3. The molecule has 42 heavy (non-hydrogen) atoms. The Morgan fingerprint density at radius 1 is 1.12 bits per heavy atom. The van der Waals surface area contributed by atoms with Crippen LogP contribution in [0.5, 0.6) is 0 Å². The molecule has 0 amide bonds. The van der Waals surface area contributed by atoms with Crippen molar-refractivity contribution in [1.29, 1.82) is 0 Å². The van der Waals surface area contributed by atoms with Gasteiger partial charge in [0.1, 0.15) is 11.4 Å². The Hall–Kier alpha value is -2.44. The van der Waals surface area contributed by atoms with Gasteiger partial charge in [-0.1, -0.05) is 0 Å². The molecule has 1 aromatic heterocycles. The van der Waals surface area contributed by atoms with Crippen LogP contribution in [0.1, 0.15) is 70.9 Å². The second kappa shape index (κ2) is 10.9. The van der Waals surface area contributed by atoms with Gasteiger partial charge in [0.05, 0.1) is 15.7 Å². The number of rotatable bonds is 7. The average Bonchev–Trinajstić information content (AvgIpc) is 3.39. The van der Waals surface area contributed by atoms with Crippen molar-refractivity contribution < 1.29 is 26.7 Å². The van der Waals surface area contributed by atoms with Crippen molar-refractivity contribution in [1.82, 2.24) is 14.9 Å². The molecule has 3 heterocycles. The van der Waals surface area contributed by atoms with Gasteiger partial charge in [-0.3, -0.25) is 0 Å². The van der Waals surface area contributed by atoms with Crippen LogP contribution in [0, 0.1) is 18.3 Å². The first-order chi connectivity index (χ1) is 19.5. The molecule has 2 aliphatic heterocycles. The lowest BCUT2D eigenvalue weighted by molar-refractivity contribution is -0.137. The van der Waals surface area contributed by atoms with Crippen LogP contribution >= 0.6 is 0 Å². The highest BCUT2D eigenvalue weighted by Gasteiger charge is 2.51. The number of hydrogen-bond donors (Lipinski definition) is 2. The molecule has 232 valence electrons. The van der Waals surface area contributed by atoms with Crippen LogP contribution in [0.3, 0.4) is 0 Å². The SMILES string of the molecule is Cc1cc(S(=O)(=O)C2CC3(CCN(C(C)C)CC3)C2)ccc1Nc1ncc(C(F)(F)F)c(N2CC[C@@H](C(C)(C)O)C2)n1. The minimum Gasteiger partial charge on any atom is -0.390 e. The molecule has 2 N–H and O–H groups in total. The second-order valence-corrected chi connectivity index (χ2v) is 15.5. The topological polar surface area (TPSA) is 98.7 Å². The van der Waals surface area contributed by atoms with E-state index in [0.717, 1.165) is 32.1 Å². The van der Waals surface area contributed by atoms with Gasteiger partial charge in [-0.05, 0) is 109 Å². The van der Waals surface area contributed by atoms with Gasteiger partial charge in [0.25, 0.3) is 0 Å². The number of anilines is 3. The summed E-state index contributed by atoms with van der Waals surface area (Å²) in [6.45, 7) is 12.0. The number of aliphatic hydroxyl groups is 1. The molecule has 0 radical (unpaired) electrons. The Balaban J connectivity index is 1.30. The van der Waals surface area contributed by atoms with Crippen LogP contribution in [-0.4, -0.2) is 71.5 Å². The summed E-state index contributed by atoms with van der Waals surface area (Å²) in [5, 5.41) is 13.0. The highest BCUT2D eigenvalue weighted by atomic mass is 32.2. The molecule has 3 aliphatic rings. The first-order valence-electron chi connectivity index (χ1n) is 14.8. The molecule has 1 saturated carbocycles. The Labute approximate surface area is 246 Å². The second-order valence-electron chi connectivity index (χ2n) is 13.3. The average molecular weight is 610 g/mol. The highest BCUT2D eigenvalue weighted by molar-refractivity contribution is 7.92. The van der Waals surface area contributed by atoms with Crippen LogP contribution in [0.4, 0.5) is 30.6 Å². The van der Waals surface area contributed by atoms with E-state index in [-0.39, 0.29) is 34.5 Å². The Kier molecular flexibility index (Phi) is 8.06. The lowest BCUT2D eigenvalue weighted by Crippen LogP contribution is -2.52. The number of sulfone groups is 1. The molecule has 12 heteroatoms. The van der Waals surface area contributed by atoms with Crippen molar-refractivity contribution >= 4 is 27.3 Å². The van der Waals surface area contributed by atoms with Gasteiger partial charge in [0, 0.05) is 36.9 Å². The Bertz CT molecular complexity index is 1410. The fourth-order valence-electron chi connectivity index (χ4n) is 6.72. The van der Waals surface area contributed by atoms with E-state index in [4.69, 9.17) is 0 Å². The zero-order chi connectivity index (χ0) is 30.7. The molecule has 1 aromatic carbocycles. The van der Waals surface area contributed by atoms with E-state index in [1.807, 2.05) is 0 Å². The van der Waals surface area contributed by atoms with Gasteiger partial charge in [0.15, 0.2) is 9.84 Å². The van der Waals surface area contributed by atoms with Crippen molar-refractivity contribution in [3.8, 4) is 0 Å². The predicted octanol–water partition coefficient (Wildman–Crippen LogP) is 5.57. The number of aromatic nitrogens is 2. The van der Waals surface area contributed by atoms with Crippen molar-refractivity contribution in [2.24, 2.45) is 11.3 Å². The number of aryl methyl sites for hydroxylation is 1. The maximum Gasteiger partial charge on any atom is 0.421 e. The monoisotopic (exact) mass is 609 g/mol. The molecule has 2 aromatic rings. The van der Waals surface area contributed by atoms with Crippen molar-refractivity contribution in [3.05, 3.63) is 35.5 Å². The third-order valence-electron chi connectivity index (χ3n) is 9.68. The van der Waals surface area contributed by atoms with E-state index >= 15 is 0 Å². The van der Waals surface area contributed by atoms with Crippen molar-refractivity contribution in [2.45, 2.75) is 94.7 Å². The fourth-order valence-corrected chi connectivity index (χ4v) is 8.85. The number of nitrogens with one attached hydrogen (secondary N) is 1. The third-order valence-corrected chi connectivity index (χ3v) is 11.8. The first kappa shape index (κ1) is 31.0. The number of likely N-dealkylation sites (tertiary alicyclic amines) is 1. The summed E-state index contributed by atoms with van der Waals surface area (Å²) in [6, 6.07) is 5.29. The summed E-state index contributed by atoms with van der Waals surface area (Å²) in [4.78, 5) is 12.4. The smallest absolute Gasteiger partial charge is 0.390 e. The molecule has 1 spiro atoms. The van der Waals surface area contributed by atoms with E-state index in [2.05, 4.69) is 34.0 Å². The lowest BCUT2D eigenvalue weighted by atomic mass is 9.63. The molecule has 1 aliphatic carbocycles. The molecule has 1 atom stereocenters. The van der Waals surface area contributed by atoms with Crippen molar-refractivity contribution in [2.75, 3.05) is 36.4 Å². The molecule has 8 nitrogen and oxygen atoms in total. The van der Waals surface area contributed by atoms with Gasteiger partial charge in [0.2, 0.25) is 5.95 Å². The van der Waals surface area contributed by atoms with Gasteiger partial charge in [-0.25, -0.2) is 13.4 Å². The van der Waals surface area contributed by atoms with Gasteiger partial charge < -0.3 is 20.2 Å². The largest absolute Gasteiger partial charge is 0.421 e. The Morgan fingerprint density at radius 3 is 2.33 bits per heavy atom. The van der Waals surface area contributed by atoms with E-state index in [1.54, 1.807) is 43.9 Å². The number of hydrogen-bond acceptors (Lipinski definition) is 8. The predicted molar refractivity (Wildman–Crippen MR) is 157 cm³/mol. The van der Waals surface area contributed by atoms with Gasteiger partial charge in [-0.2, -0.15) is 18.2 Å². The minimum atomic E-state index is -4.64. The normalized spacial score (nSPS) is 22.1. The molecular weight excluding hydrogens is 567 g/mol. The van der Waals surface area contributed by atoms with Crippen LogP contribution in [0.2, 0.25) is 0 Å². The summed E-state index contributed by atoms with van der Waals surface area (Å²) in [6.07, 6.45) is 0.113. The Morgan fingerprint density at radius 2 is 1.79 bits per heavy atom. The zero-order valence-electron chi connectivity index (χ0n) is 25.0. The quantitative estimate of drug-likeness (QED) is 0.421. The van der Waals surface area contributed by atoms with Gasteiger partial charge in [-0.15, -0.1) is 0 Å². The summed E-state index contributed by atoms with van der Waals surface area (Å²) < 4.78 is 68.5. The molecule has 3 fully saturated rings. The number of nitrogens with zero attached hydrogens (tertiary/aromatic N) is 4. The summed E-state index contributed by atoms with van der Waals surface area (Å²) in [5.41, 5.74) is -0.688. The van der Waals surface area contributed by atoms with E-state index in [0.29, 0.717) is 43.1 Å². The van der Waals surface area contributed by atoms with Crippen LogP contribution < -0.4 is 10.2 Å². The van der Waals surface area contributed by atoms with E-state index < -0.39 is 32.4 Å². The fraction of sp³-hybridized carbons (Fsp3) is 0.667. The molecule has 2 saturated heterocycles. The van der Waals surface area contributed by atoms with E-state index in [9.17, 15) is 26.7 Å². The van der Waals surface area contributed by atoms with Crippen LogP contribution in [0.25, 0.3) is 0 Å². The standard InChI is InChI=1S/C30H42F3N5O3S/c1-19(2)37-12-9-29(10-13-37)15-23(16-29)42(40,41)22-6-7-25(20(3)14-22)35-27-34-17-24(30(31,32)33)26(36-27)38-11-8-21(18-38)28(4,5)39/h6-7,14,17,19,21,23,39H,8-13,15-16,18H2,1-5H3,(H,34,35,36)/t21-/m1/s1. The van der Waals surface area contributed by atoms with Crippen molar-refractivity contribution in [3.63, 3.8) is 0 Å². The zero-order valence-corrected chi connectivity index (χ0v) is 25.8. The van der Waals surface area contributed by atoms with E-state index in [1.165, 1.54) is 0 Å². The lowest BCUT2D eigenvalue weighted by Gasteiger charge is -2.52. The summed E-state index contributed by atoms with van der Waals surface area (Å²) >= 11 is 0. The molecular formula is C30H42F3N5O3S. The number of benzene rings is 1. The molecule has 0 unspecified atom stereocenters. The molecule has 5 rings (SSSR count). The minimum absolute atomic E-state index is 0.0166. The third kappa shape index (κ3) is 6.12. The maximum atomic E-state index is 13.8. The van der Waals surface area contributed by atoms with Crippen LogP contribution in [-0.2, 0) is 16.0 Å². The van der Waals surface area contributed by atoms with Gasteiger partial charge >= 0.3 is 6.18 Å². The number of halogens is 3. The first-order valence-corrected chi connectivity index (χ1v) is 16.3. The molecule has 0 bridgehead atoms. The maximum absolute atomic E-state index is 13.8. The highest BCUT2D eigenvalue weighted by Crippen LogP contribution is 2.53. The summed E-state index contributed by atoms with van der Waals surface area (Å²) in [5.74, 6) is -0.445.